The minimum absolute atomic E-state index is 0.0165. The number of nitrogens with one attached hydrogen (secondary N) is 1. The second-order valence-electron chi connectivity index (χ2n) is 8.05. The maximum Gasteiger partial charge on any atom is 0.304 e. The SMILES string of the molecule is O=C(O)CCN[C@@H]1CCc2c1cc1nc(-c3cccc(N4CCOCC4)c3Cl)oc1c2F. The van der Waals surface area contributed by atoms with Crippen LogP contribution in [-0.4, -0.2) is 48.9 Å². The highest BCUT2D eigenvalue weighted by molar-refractivity contribution is 6.35. The first-order valence-electron chi connectivity index (χ1n) is 10.7. The van der Waals surface area contributed by atoms with Crippen LogP contribution in [0.25, 0.3) is 22.6 Å². The summed E-state index contributed by atoms with van der Waals surface area (Å²) < 4.78 is 26.6. The number of hydrogen-bond acceptors (Lipinski definition) is 6. The number of anilines is 1. The lowest BCUT2D eigenvalue weighted by atomic mass is 10.1. The van der Waals surface area contributed by atoms with E-state index < -0.39 is 11.8 Å². The van der Waals surface area contributed by atoms with Gasteiger partial charge in [0.05, 0.1) is 35.9 Å². The first-order chi connectivity index (χ1) is 15.5. The summed E-state index contributed by atoms with van der Waals surface area (Å²) in [6, 6.07) is 7.39. The van der Waals surface area contributed by atoms with Crippen LogP contribution in [0, 0.1) is 5.82 Å². The molecule has 1 fully saturated rings. The molecule has 1 aromatic heterocycles. The first-order valence-corrected chi connectivity index (χ1v) is 11.1. The van der Waals surface area contributed by atoms with Crippen molar-refractivity contribution in [1.29, 1.82) is 0 Å². The lowest BCUT2D eigenvalue weighted by molar-refractivity contribution is -0.136. The number of ether oxygens (including phenoxy) is 1. The minimum Gasteiger partial charge on any atom is -0.481 e. The van der Waals surface area contributed by atoms with Crippen LogP contribution in [0.4, 0.5) is 10.1 Å². The van der Waals surface area contributed by atoms with E-state index >= 15 is 4.39 Å². The van der Waals surface area contributed by atoms with Crippen molar-refractivity contribution in [3.63, 3.8) is 0 Å². The second-order valence-corrected chi connectivity index (χ2v) is 8.43. The van der Waals surface area contributed by atoms with Gasteiger partial charge in [-0.2, -0.15) is 0 Å². The third-order valence-corrected chi connectivity index (χ3v) is 6.50. The third-order valence-electron chi connectivity index (χ3n) is 6.11. The maximum absolute atomic E-state index is 15.3. The molecule has 32 heavy (non-hydrogen) atoms. The summed E-state index contributed by atoms with van der Waals surface area (Å²) in [5.74, 6) is -0.994. The van der Waals surface area contributed by atoms with Crippen molar-refractivity contribution in [3.8, 4) is 11.5 Å². The average Bonchev–Trinajstić information content (AvgIpc) is 3.39. The maximum atomic E-state index is 15.3. The predicted octanol–water partition coefficient (Wildman–Crippen LogP) is 4.18. The number of aromatic nitrogens is 1. The van der Waals surface area contributed by atoms with Crippen molar-refractivity contribution >= 4 is 34.4 Å². The molecule has 168 valence electrons. The number of aliphatic carboxylic acids is 1. The van der Waals surface area contributed by atoms with E-state index in [1.165, 1.54) is 0 Å². The molecule has 0 amide bonds. The molecule has 0 saturated carbocycles. The fourth-order valence-corrected chi connectivity index (χ4v) is 4.83. The summed E-state index contributed by atoms with van der Waals surface area (Å²) in [5.41, 5.74) is 3.45. The number of carboxylic acids is 1. The van der Waals surface area contributed by atoms with Crippen LogP contribution in [-0.2, 0) is 16.0 Å². The van der Waals surface area contributed by atoms with Crippen molar-refractivity contribution in [2.45, 2.75) is 25.3 Å². The smallest absolute Gasteiger partial charge is 0.304 e. The molecule has 5 rings (SSSR count). The molecule has 1 atom stereocenters. The second kappa shape index (κ2) is 8.69. The fourth-order valence-electron chi connectivity index (χ4n) is 4.51. The normalized spacial score (nSPS) is 18.3. The summed E-state index contributed by atoms with van der Waals surface area (Å²) >= 11 is 6.72. The molecule has 1 saturated heterocycles. The van der Waals surface area contributed by atoms with E-state index in [0.717, 1.165) is 24.3 Å². The van der Waals surface area contributed by atoms with Crippen LogP contribution in [0.3, 0.4) is 0 Å². The molecule has 3 aromatic rings. The van der Waals surface area contributed by atoms with Gasteiger partial charge in [-0.25, -0.2) is 9.37 Å². The first kappa shape index (κ1) is 21.2. The Kier molecular flexibility index (Phi) is 5.75. The Morgan fingerprint density at radius 1 is 1.34 bits per heavy atom. The summed E-state index contributed by atoms with van der Waals surface area (Å²) in [6.45, 7) is 3.10. The monoisotopic (exact) mass is 459 g/mol. The van der Waals surface area contributed by atoms with Gasteiger partial charge in [0.15, 0.2) is 11.4 Å². The van der Waals surface area contributed by atoms with Crippen LogP contribution in [0.1, 0.15) is 30.0 Å². The molecule has 0 bridgehead atoms. The fraction of sp³-hybridized carbons (Fsp3) is 0.391. The van der Waals surface area contributed by atoms with E-state index in [1.807, 2.05) is 24.3 Å². The van der Waals surface area contributed by atoms with E-state index in [2.05, 4.69) is 15.2 Å². The zero-order valence-electron chi connectivity index (χ0n) is 17.4. The molecular weight excluding hydrogens is 437 g/mol. The summed E-state index contributed by atoms with van der Waals surface area (Å²) in [6.07, 6.45) is 1.28. The van der Waals surface area contributed by atoms with Gasteiger partial charge in [-0.3, -0.25) is 4.79 Å². The van der Waals surface area contributed by atoms with Crippen molar-refractivity contribution < 1.29 is 23.4 Å². The number of rotatable bonds is 6. The van der Waals surface area contributed by atoms with Crippen molar-refractivity contribution in [2.24, 2.45) is 0 Å². The van der Waals surface area contributed by atoms with Gasteiger partial charge < -0.3 is 24.5 Å². The summed E-state index contributed by atoms with van der Waals surface area (Å²) in [7, 11) is 0. The minimum atomic E-state index is -0.866. The van der Waals surface area contributed by atoms with Crippen LogP contribution in [0.5, 0.6) is 0 Å². The van der Waals surface area contributed by atoms with Crippen LogP contribution in [0.2, 0.25) is 5.02 Å². The number of fused-ring (bicyclic) bond motifs is 2. The van der Waals surface area contributed by atoms with Gasteiger partial charge in [0.2, 0.25) is 5.89 Å². The number of morpholine rings is 1. The van der Waals surface area contributed by atoms with Crippen molar-refractivity contribution in [3.05, 3.63) is 46.2 Å². The van der Waals surface area contributed by atoms with Crippen molar-refractivity contribution in [2.75, 3.05) is 37.7 Å². The van der Waals surface area contributed by atoms with Gasteiger partial charge in [0.1, 0.15) is 5.52 Å². The molecule has 2 aliphatic rings. The Hall–Kier alpha value is -2.68. The number of nitrogens with zero attached hydrogens (tertiary/aromatic N) is 2. The lowest BCUT2D eigenvalue weighted by Gasteiger charge is -2.29. The Bertz CT molecular complexity index is 1180. The Balaban J connectivity index is 1.48. The average molecular weight is 460 g/mol. The summed E-state index contributed by atoms with van der Waals surface area (Å²) in [4.78, 5) is 17.5. The van der Waals surface area contributed by atoms with Crippen LogP contribution >= 0.6 is 11.6 Å². The lowest BCUT2D eigenvalue weighted by Crippen LogP contribution is -2.36. The zero-order valence-corrected chi connectivity index (χ0v) is 18.1. The van der Waals surface area contributed by atoms with Gasteiger partial charge in [-0.15, -0.1) is 0 Å². The van der Waals surface area contributed by atoms with Gasteiger partial charge in [-0.05, 0) is 42.2 Å². The predicted molar refractivity (Wildman–Crippen MR) is 119 cm³/mol. The quantitative estimate of drug-likeness (QED) is 0.571. The molecule has 2 heterocycles. The highest BCUT2D eigenvalue weighted by Crippen LogP contribution is 2.40. The molecule has 1 aliphatic heterocycles. The van der Waals surface area contributed by atoms with E-state index in [0.29, 0.717) is 54.3 Å². The van der Waals surface area contributed by atoms with Crippen molar-refractivity contribution in [1.82, 2.24) is 10.3 Å². The Morgan fingerprint density at radius 2 is 2.16 bits per heavy atom. The number of carbonyl (C=O) groups is 1. The van der Waals surface area contributed by atoms with Gasteiger partial charge in [0, 0.05) is 25.7 Å². The number of oxazole rings is 1. The Labute approximate surface area is 189 Å². The van der Waals surface area contributed by atoms with Gasteiger partial charge in [0.25, 0.3) is 0 Å². The molecule has 2 aromatic carbocycles. The standard InChI is InChI=1S/C23H23ClFN3O4/c24-20-14(2-1-3-18(20)28-8-10-31-11-9-28)23-27-17-12-15-13(21(25)22(17)32-23)4-5-16(15)26-7-6-19(29)30/h1-3,12,16,26H,4-11H2,(H,29,30)/t16-/m1/s1. The number of halogens is 2. The van der Waals surface area contributed by atoms with E-state index in [9.17, 15) is 4.79 Å². The highest BCUT2D eigenvalue weighted by Gasteiger charge is 2.29. The van der Waals surface area contributed by atoms with E-state index in [-0.39, 0.29) is 23.9 Å². The largest absolute Gasteiger partial charge is 0.481 e. The molecular formula is C23H23ClFN3O4. The van der Waals surface area contributed by atoms with Gasteiger partial charge >= 0.3 is 5.97 Å². The third kappa shape index (κ3) is 3.83. The summed E-state index contributed by atoms with van der Waals surface area (Å²) in [5, 5.41) is 12.6. The Morgan fingerprint density at radius 3 is 2.94 bits per heavy atom. The molecule has 0 spiro atoms. The number of carboxylic acid groups (broad SMARTS) is 1. The molecule has 7 nitrogen and oxygen atoms in total. The highest BCUT2D eigenvalue weighted by atomic mass is 35.5. The molecule has 0 unspecified atom stereocenters. The number of benzene rings is 2. The molecule has 9 heteroatoms. The van der Waals surface area contributed by atoms with Crippen LogP contribution < -0.4 is 10.2 Å². The molecule has 2 N–H and O–H groups in total. The topological polar surface area (TPSA) is 87.8 Å². The zero-order chi connectivity index (χ0) is 22.2. The van der Waals surface area contributed by atoms with E-state index in [4.69, 9.17) is 25.9 Å². The number of hydrogen-bond donors (Lipinski definition) is 2. The van der Waals surface area contributed by atoms with E-state index in [1.54, 1.807) is 0 Å². The van der Waals surface area contributed by atoms with Gasteiger partial charge in [-0.1, -0.05) is 17.7 Å². The molecule has 1 aliphatic carbocycles. The van der Waals surface area contributed by atoms with Crippen LogP contribution in [0.15, 0.2) is 28.7 Å². The molecule has 0 radical (unpaired) electrons.